The number of nitrogens with zero attached hydrogens (tertiary/aromatic N) is 1. The van der Waals surface area contributed by atoms with Crippen LogP contribution in [0.4, 0.5) is 0 Å². The lowest BCUT2D eigenvalue weighted by Crippen LogP contribution is -2.28. The zero-order valence-electron chi connectivity index (χ0n) is 9.55. The van der Waals surface area contributed by atoms with E-state index in [1.165, 1.54) is 37.9 Å². The van der Waals surface area contributed by atoms with Crippen molar-refractivity contribution in [2.45, 2.75) is 33.1 Å². The highest BCUT2D eigenvalue weighted by molar-refractivity contribution is 7.80. The van der Waals surface area contributed by atoms with Crippen LogP contribution in [0.5, 0.6) is 0 Å². The van der Waals surface area contributed by atoms with Gasteiger partial charge in [-0.25, -0.2) is 0 Å². The Morgan fingerprint density at radius 3 is 2.50 bits per heavy atom. The molecule has 0 aliphatic carbocycles. The minimum Gasteiger partial charge on any atom is -0.299 e. The normalized spacial score (nSPS) is 21.4. The largest absolute Gasteiger partial charge is 0.299 e. The number of rotatable bonds is 5. The molecule has 1 fully saturated rings. The number of thiol groups is 1. The highest BCUT2D eigenvalue weighted by atomic mass is 32.1. The molecule has 1 aliphatic heterocycles. The van der Waals surface area contributed by atoms with Crippen LogP contribution in [0.2, 0.25) is 0 Å². The fourth-order valence-electron chi connectivity index (χ4n) is 2.36. The van der Waals surface area contributed by atoms with E-state index in [-0.39, 0.29) is 0 Å². The molecule has 0 amide bonds. The summed E-state index contributed by atoms with van der Waals surface area (Å²) in [6.07, 6.45) is 3.99. The van der Waals surface area contributed by atoms with Crippen LogP contribution in [0.25, 0.3) is 0 Å². The van der Waals surface area contributed by atoms with Gasteiger partial charge in [0.05, 0.1) is 0 Å². The van der Waals surface area contributed by atoms with Gasteiger partial charge in [-0.15, -0.1) is 0 Å². The first-order chi connectivity index (χ1) is 6.65. The molecular weight excluding hydrogens is 190 g/mol. The van der Waals surface area contributed by atoms with E-state index in [0.29, 0.717) is 5.41 Å². The molecule has 0 aromatic rings. The maximum absolute atomic E-state index is 4.25. The van der Waals surface area contributed by atoms with Crippen molar-refractivity contribution in [2.24, 2.45) is 5.41 Å². The van der Waals surface area contributed by atoms with Gasteiger partial charge in [0.25, 0.3) is 0 Å². The average molecular weight is 213 g/mol. The molecule has 1 rings (SSSR count). The molecule has 1 heterocycles. The average Bonchev–Trinajstić information content (AvgIpc) is 2.62. The van der Waals surface area contributed by atoms with E-state index in [1.807, 2.05) is 0 Å². The third-order valence-electron chi connectivity index (χ3n) is 3.69. The zero-order chi connectivity index (χ0) is 10.6. The minimum atomic E-state index is 0.594. The van der Waals surface area contributed by atoms with E-state index in [0.717, 1.165) is 12.3 Å². The lowest BCUT2D eigenvalue weighted by molar-refractivity contribution is 0.249. The molecule has 0 radical (unpaired) electrons. The zero-order valence-corrected chi connectivity index (χ0v) is 10.4. The molecule has 0 N–H and O–H groups in total. The molecule has 0 spiro atoms. The first-order valence-electron chi connectivity index (χ1n) is 5.65. The number of hydrogen-bond donors (Lipinski definition) is 1. The van der Waals surface area contributed by atoms with Crippen molar-refractivity contribution in [3.8, 4) is 0 Å². The lowest BCUT2D eigenvalue weighted by atomic mass is 9.82. The van der Waals surface area contributed by atoms with Gasteiger partial charge in [0.2, 0.25) is 0 Å². The van der Waals surface area contributed by atoms with Gasteiger partial charge in [0, 0.05) is 18.8 Å². The molecule has 1 aliphatic rings. The highest BCUT2D eigenvalue weighted by Crippen LogP contribution is 2.36. The van der Waals surface area contributed by atoms with Crippen LogP contribution in [0.3, 0.4) is 0 Å². The maximum atomic E-state index is 4.25. The van der Waals surface area contributed by atoms with Crippen molar-refractivity contribution in [3.63, 3.8) is 0 Å². The molecule has 1 nitrogen and oxygen atoms in total. The molecular formula is C12H23NS. The Bertz CT molecular complexity index is 196. The topological polar surface area (TPSA) is 3.24 Å². The third kappa shape index (κ3) is 2.77. The third-order valence-corrected chi connectivity index (χ3v) is 4.14. The van der Waals surface area contributed by atoms with E-state index in [1.54, 1.807) is 0 Å². The van der Waals surface area contributed by atoms with Gasteiger partial charge in [-0.05, 0) is 31.2 Å². The van der Waals surface area contributed by atoms with Crippen LogP contribution in [0, 0.1) is 5.41 Å². The fourth-order valence-corrected chi connectivity index (χ4v) is 2.46. The minimum absolute atomic E-state index is 0.594. The predicted molar refractivity (Wildman–Crippen MR) is 67.1 cm³/mol. The van der Waals surface area contributed by atoms with Crippen LogP contribution in [-0.4, -0.2) is 30.3 Å². The predicted octanol–water partition coefficient (Wildman–Crippen LogP) is 2.98. The highest BCUT2D eigenvalue weighted by Gasteiger charge is 2.34. The summed E-state index contributed by atoms with van der Waals surface area (Å²) in [6, 6.07) is 0. The standard InChI is InChI=1S/C12H23NS/c1-4-12(5-2)6-7-13(10-12)8-11(3)9-14/h14H,3-10H2,1-2H3. The van der Waals surface area contributed by atoms with Crippen LogP contribution in [0.15, 0.2) is 12.2 Å². The fraction of sp³-hybridized carbons (Fsp3) is 0.833. The van der Waals surface area contributed by atoms with Crippen LogP contribution >= 0.6 is 12.6 Å². The van der Waals surface area contributed by atoms with E-state index in [9.17, 15) is 0 Å². The number of likely N-dealkylation sites (tertiary alicyclic amines) is 1. The van der Waals surface area contributed by atoms with E-state index < -0.39 is 0 Å². The van der Waals surface area contributed by atoms with Gasteiger partial charge >= 0.3 is 0 Å². The Hall–Kier alpha value is 0.0500. The van der Waals surface area contributed by atoms with Crippen molar-refractivity contribution in [2.75, 3.05) is 25.4 Å². The van der Waals surface area contributed by atoms with Crippen molar-refractivity contribution in [3.05, 3.63) is 12.2 Å². The van der Waals surface area contributed by atoms with Gasteiger partial charge in [-0.1, -0.05) is 26.0 Å². The van der Waals surface area contributed by atoms with Gasteiger partial charge in [0.15, 0.2) is 0 Å². The molecule has 2 heteroatoms. The lowest BCUT2D eigenvalue weighted by Gasteiger charge is -2.26. The van der Waals surface area contributed by atoms with Crippen molar-refractivity contribution in [1.29, 1.82) is 0 Å². The second-order valence-corrected chi connectivity index (χ2v) is 4.89. The summed E-state index contributed by atoms with van der Waals surface area (Å²) in [5, 5.41) is 0. The molecule has 82 valence electrons. The second kappa shape index (κ2) is 5.22. The molecule has 0 unspecified atom stereocenters. The van der Waals surface area contributed by atoms with Gasteiger partial charge in [-0.3, -0.25) is 4.90 Å². The summed E-state index contributed by atoms with van der Waals surface area (Å²) in [6.45, 7) is 12.2. The van der Waals surface area contributed by atoms with E-state index in [2.05, 4.69) is 38.0 Å². The van der Waals surface area contributed by atoms with E-state index >= 15 is 0 Å². The summed E-state index contributed by atoms with van der Waals surface area (Å²) in [4.78, 5) is 2.53. The van der Waals surface area contributed by atoms with Crippen LogP contribution in [-0.2, 0) is 0 Å². The Morgan fingerprint density at radius 2 is 2.07 bits per heavy atom. The first-order valence-corrected chi connectivity index (χ1v) is 6.29. The number of hydrogen-bond acceptors (Lipinski definition) is 2. The maximum Gasteiger partial charge on any atom is 0.0198 e. The molecule has 0 saturated carbocycles. The van der Waals surface area contributed by atoms with Crippen molar-refractivity contribution < 1.29 is 0 Å². The summed E-state index contributed by atoms with van der Waals surface area (Å²) in [7, 11) is 0. The van der Waals surface area contributed by atoms with Crippen LogP contribution < -0.4 is 0 Å². The summed E-state index contributed by atoms with van der Waals surface area (Å²) in [5.41, 5.74) is 1.84. The molecule has 0 aromatic heterocycles. The molecule has 0 bridgehead atoms. The van der Waals surface area contributed by atoms with Gasteiger partial charge in [0.1, 0.15) is 0 Å². The molecule has 1 saturated heterocycles. The monoisotopic (exact) mass is 213 g/mol. The molecule has 0 atom stereocenters. The Labute approximate surface area is 94.0 Å². The van der Waals surface area contributed by atoms with E-state index in [4.69, 9.17) is 0 Å². The SMILES string of the molecule is C=C(CS)CN1CCC(CC)(CC)C1. The van der Waals surface area contributed by atoms with Crippen molar-refractivity contribution >= 4 is 12.6 Å². The van der Waals surface area contributed by atoms with Gasteiger partial charge < -0.3 is 0 Å². The molecule has 14 heavy (non-hydrogen) atoms. The van der Waals surface area contributed by atoms with Gasteiger partial charge in [-0.2, -0.15) is 12.6 Å². The Balaban J connectivity index is 2.44. The quantitative estimate of drug-likeness (QED) is 0.543. The summed E-state index contributed by atoms with van der Waals surface area (Å²) in [5.74, 6) is 0.821. The van der Waals surface area contributed by atoms with Crippen molar-refractivity contribution in [1.82, 2.24) is 4.90 Å². The Morgan fingerprint density at radius 1 is 1.43 bits per heavy atom. The first kappa shape index (κ1) is 12.1. The second-order valence-electron chi connectivity index (χ2n) is 4.58. The smallest absolute Gasteiger partial charge is 0.0198 e. The summed E-state index contributed by atoms with van der Waals surface area (Å²) >= 11 is 4.25. The Kier molecular flexibility index (Phi) is 4.52. The summed E-state index contributed by atoms with van der Waals surface area (Å²) < 4.78 is 0. The van der Waals surface area contributed by atoms with Crippen LogP contribution in [0.1, 0.15) is 33.1 Å². The molecule has 0 aromatic carbocycles.